The Morgan fingerprint density at radius 1 is 1.50 bits per heavy atom. The third-order valence-electron chi connectivity index (χ3n) is 2.96. The van der Waals surface area contributed by atoms with Gasteiger partial charge in [-0.15, -0.1) is 0 Å². The van der Waals surface area contributed by atoms with Crippen molar-refractivity contribution < 1.29 is 9.53 Å². The second-order valence-corrected chi connectivity index (χ2v) is 3.98. The highest BCUT2D eigenvalue weighted by Crippen LogP contribution is 2.27. The van der Waals surface area contributed by atoms with E-state index < -0.39 is 0 Å². The standard InChI is InChI=1S/C11H17NO2/c1-2-8-7-9(11(13)14-8)10-5-3-4-6-12-10/h8,12H,2-7H2,1H3/b10-9-. The average Bonchev–Trinajstić information content (AvgIpc) is 2.61. The molecule has 2 heterocycles. The minimum Gasteiger partial charge on any atom is -0.459 e. The number of carbonyl (C=O) groups excluding carboxylic acids is 1. The van der Waals surface area contributed by atoms with Gasteiger partial charge in [0.15, 0.2) is 0 Å². The molecule has 0 radical (unpaired) electrons. The van der Waals surface area contributed by atoms with Gasteiger partial charge in [0.1, 0.15) is 6.10 Å². The maximum Gasteiger partial charge on any atom is 0.336 e. The Morgan fingerprint density at radius 2 is 2.36 bits per heavy atom. The fourth-order valence-corrected chi connectivity index (χ4v) is 2.06. The maximum atomic E-state index is 11.5. The molecule has 0 amide bonds. The summed E-state index contributed by atoms with van der Waals surface area (Å²) in [6, 6.07) is 0. The van der Waals surface area contributed by atoms with Gasteiger partial charge in [-0.1, -0.05) is 6.92 Å². The van der Waals surface area contributed by atoms with Crippen LogP contribution in [0, 0.1) is 0 Å². The minimum absolute atomic E-state index is 0.0961. The number of allylic oxidation sites excluding steroid dienone is 1. The molecule has 14 heavy (non-hydrogen) atoms. The zero-order chi connectivity index (χ0) is 9.97. The Bertz CT molecular complexity index is 262. The van der Waals surface area contributed by atoms with Gasteiger partial charge in [0.25, 0.3) is 0 Å². The lowest BCUT2D eigenvalue weighted by Gasteiger charge is -2.17. The highest BCUT2D eigenvalue weighted by Gasteiger charge is 2.30. The molecule has 2 aliphatic heterocycles. The molecule has 0 aromatic rings. The van der Waals surface area contributed by atoms with Crippen LogP contribution >= 0.6 is 0 Å². The lowest BCUT2D eigenvalue weighted by molar-refractivity contribution is -0.138. The monoisotopic (exact) mass is 195 g/mol. The molecule has 3 heteroatoms. The number of carbonyl (C=O) groups is 1. The Kier molecular flexibility index (Phi) is 2.75. The average molecular weight is 195 g/mol. The molecule has 1 atom stereocenters. The summed E-state index contributed by atoms with van der Waals surface area (Å²) in [6.45, 7) is 3.06. The van der Waals surface area contributed by atoms with Crippen molar-refractivity contribution in [1.82, 2.24) is 5.32 Å². The molecule has 78 valence electrons. The fourth-order valence-electron chi connectivity index (χ4n) is 2.06. The summed E-state index contributed by atoms with van der Waals surface area (Å²) < 4.78 is 5.24. The largest absolute Gasteiger partial charge is 0.459 e. The Labute approximate surface area is 84.5 Å². The normalized spacial score (nSPS) is 32.6. The van der Waals surface area contributed by atoms with Crippen molar-refractivity contribution in [3.8, 4) is 0 Å². The molecule has 0 aromatic carbocycles. The molecular formula is C11H17NO2. The van der Waals surface area contributed by atoms with E-state index in [0.29, 0.717) is 0 Å². The Balaban J connectivity index is 2.12. The van der Waals surface area contributed by atoms with Crippen LogP contribution in [-0.4, -0.2) is 18.6 Å². The number of ether oxygens (including phenoxy) is 1. The molecule has 1 unspecified atom stereocenters. The first-order valence-electron chi connectivity index (χ1n) is 5.48. The predicted molar refractivity (Wildman–Crippen MR) is 53.7 cm³/mol. The molecule has 3 nitrogen and oxygen atoms in total. The summed E-state index contributed by atoms with van der Waals surface area (Å²) in [5.74, 6) is -0.0961. The van der Waals surface area contributed by atoms with Gasteiger partial charge in [0, 0.05) is 18.7 Å². The third-order valence-corrected chi connectivity index (χ3v) is 2.96. The molecule has 0 spiro atoms. The summed E-state index contributed by atoms with van der Waals surface area (Å²) >= 11 is 0. The number of esters is 1. The molecule has 0 aromatic heterocycles. The van der Waals surface area contributed by atoms with Gasteiger partial charge in [0.2, 0.25) is 0 Å². The van der Waals surface area contributed by atoms with E-state index in [2.05, 4.69) is 12.2 Å². The first-order chi connectivity index (χ1) is 6.81. The molecule has 0 saturated carbocycles. The highest BCUT2D eigenvalue weighted by molar-refractivity contribution is 5.91. The molecule has 2 saturated heterocycles. The SMILES string of the molecule is CCC1C/C(=C2\CCCCN2)C(=O)O1. The van der Waals surface area contributed by atoms with Crippen molar-refractivity contribution >= 4 is 5.97 Å². The van der Waals surface area contributed by atoms with Crippen molar-refractivity contribution in [3.05, 3.63) is 11.3 Å². The van der Waals surface area contributed by atoms with Crippen molar-refractivity contribution in [2.24, 2.45) is 0 Å². The number of hydrogen-bond acceptors (Lipinski definition) is 3. The van der Waals surface area contributed by atoms with Crippen LogP contribution in [0.3, 0.4) is 0 Å². The van der Waals surface area contributed by atoms with Gasteiger partial charge in [-0.3, -0.25) is 0 Å². The predicted octanol–water partition coefficient (Wildman–Crippen LogP) is 1.74. The zero-order valence-corrected chi connectivity index (χ0v) is 8.64. The maximum absolute atomic E-state index is 11.5. The summed E-state index contributed by atoms with van der Waals surface area (Å²) in [7, 11) is 0. The van der Waals surface area contributed by atoms with Crippen molar-refractivity contribution in [3.63, 3.8) is 0 Å². The van der Waals surface area contributed by atoms with Gasteiger partial charge >= 0.3 is 5.97 Å². The highest BCUT2D eigenvalue weighted by atomic mass is 16.5. The van der Waals surface area contributed by atoms with Crippen LogP contribution in [0.1, 0.15) is 39.0 Å². The molecule has 0 bridgehead atoms. The van der Waals surface area contributed by atoms with Crippen molar-refractivity contribution in [2.75, 3.05) is 6.54 Å². The smallest absolute Gasteiger partial charge is 0.336 e. The lowest BCUT2D eigenvalue weighted by Crippen LogP contribution is -2.22. The van der Waals surface area contributed by atoms with Crippen LogP contribution in [0.25, 0.3) is 0 Å². The van der Waals surface area contributed by atoms with Crippen LogP contribution in [0.2, 0.25) is 0 Å². The Morgan fingerprint density at radius 3 is 2.93 bits per heavy atom. The van der Waals surface area contributed by atoms with Crippen molar-refractivity contribution in [2.45, 2.75) is 45.1 Å². The molecule has 2 fully saturated rings. The number of nitrogens with one attached hydrogen (secondary N) is 1. The number of rotatable bonds is 1. The van der Waals surface area contributed by atoms with Gasteiger partial charge < -0.3 is 10.1 Å². The topological polar surface area (TPSA) is 38.3 Å². The van der Waals surface area contributed by atoms with Gasteiger partial charge in [0.05, 0.1) is 5.57 Å². The van der Waals surface area contributed by atoms with Gasteiger partial charge in [-0.25, -0.2) is 4.79 Å². The van der Waals surface area contributed by atoms with E-state index in [1.165, 1.54) is 12.8 Å². The van der Waals surface area contributed by atoms with Crippen molar-refractivity contribution in [1.29, 1.82) is 0 Å². The minimum atomic E-state index is -0.0961. The summed E-state index contributed by atoms with van der Waals surface area (Å²) in [6.07, 6.45) is 5.26. The van der Waals surface area contributed by atoms with Crippen LogP contribution in [-0.2, 0) is 9.53 Å². The second-order valence-electron chi connectivity index (χ2n) is 3.98. The second kappa shape index (κ2) is 4.03. The molecule has 0 aliphatic carbocycles. The number of piperidine rings is 1. The van der Waals surface area contributed by atoms with E-state index in [-0.39, 0.29) is 12.1 Å². The van der Waals surface area contributed by atoms with Gasteiger partial charge in [-0.05, 0) is 25.7 Å². The van der Waals surface area contributed by atoms with E-state index in [0.717, 1.165) is 37.1 Å². The molecule has 2 aliphatic rings. The zero-order valence-electron chi connectivity index (χ0n) is 8.64. The number of cyclic esters (lactones) is 1. The van der Waals surface area contributed by atoms with E-state index in [4.69, 9.17) is 4.74 Å². The summed E-state index contributed by atoms with van der Waals surface area (Å²) in [4.78, 5) is 11.5. The number of hydrogen-bond donors (Lipinski definition) is 1. The molecule has 1 N–H and O–H groups in total. The first-order valence-corrected chi connectivity index (χ1v) is 5.48. The van der Waals surface area contributed by atoms with Crippen LogP contribution < -0.4 is 5.32 Å². The fraction of sp³-hybridized carbons (Fsp3) is 0.727. The summed E-state index contributed by atoms with van der Waals surface area (Å²) in [5, 5.41) is 3.31. The third kappa shape index (κ3) is 1.76. The van der Waals surface area contributed by atoms with E-state index in [9.17, 15) is 4.79 Å². The first kappa shape index (κ1) is 9.56. The van der Waals surface area contributed by atoms with E-state index >= 15 is 0 Å². The van der Waals surface area contributed by atoms with Crippen LogP contribution in [0.5, 0.6) is 0 Å². The van der Waals surface area contributed by atoms with E-state index in [1.54, 1.807) is 0 Å². The molecular weight excluding hydrogens is 178 g/mol. The van der Waals surface area contributed by atoms with Crippen LogP contribution in [0.4, 0.5) is 0 Å². The lowest BCUT2D eigenvalue weighted by atomic mass is 10.0. The quantitative estimate of drug-likeness (QED) is 0.511. The summed E-state index contributed by atoms with van der Waals surface area (Å²) in [5.41, 5.74) is 2.04. The van der Waals surface area contributed by atoms with E-state index in [1.807, 2.05) is 0 Å². The van der Waals surface area contributed by atoms with Crippen LogP contribution in [0.15, 0.2) is 11.3 Å². The Hall–Kier alpha value is -0.990. The molecule has 2 rings (SSSR count). The van der Waals surface area contributed by atoms with Gasteiger partial charge in [-0.2, -0.15) is 0 Å².